The molecule has 0 amide bonds. The lowest BCUT2D eigenvalue weighted by molar-refractivity contribution is -0.132. The fourth-order valence-electron chi connectivity index (χ4n) is 4.01. The highest BCUT2D eigenvalue weighted by molar-refractivity contribution is 5.59. The molecule has 0 radical (unpaired) electrons. The van der Waals surface area contributed by atoms with Gasteiger partial charge < -0.3 is 14.2 Å². The first-order valence-electron chi connectivity index (χ1n) is 7.56. The summed E-state index contributed by atoms with van der Waals surface area (Å²) in [4.78, 5) is 13.0. The predicted octanol–water partition coefficient (Wildman–Crippen LogP) is 1.86. The number of carbonyl (C=O) groups is 1. The molecule has 3 unspecified atom stereocenters. The lowest BCUT2D eigenvalue weighted by atomic mass is 9.80. The molecule has 2 heterocycles. The molecule has 0 N–H and O–H groups in total. The number of rotatable bonds is 3. The van der Waals surface area contributed by atoms with Gasteiger partial charge in [-0.3, -0.25) is 9.69 Å². The summed E-state index contributed by atoms with van der Waals surface area (Å²) in [5.74, 6) is 1.89. The Morgan fingerprint density at radius 2 is 2.23 bits per heavy atom. The standard InChI is InChI=1S/C17H19NO4/c1-18-7-10-3-4-13(20-2)17-16(10)15-11(8-18)5-12(21-9-19)6-14(15)22-17/h3-5,9,12,14-15H,6-8H2,1-2H3. The molecule has 4 rings (SSSR count). The number of hydrogen-bond donors (Lipinski definition) is 0. The van der Waals surface area contributed by atoms with Crippen LogP contribution in [-0.4, -0.2) is 44.3 Å². The van der Waals surface area contributed by atoms with E-state index in [1.807, 2.05) is 6.07 Å². The molecule has 5 nitrogen and oxygen atoms in total. The second-order valence-electron chi connectivity index (χ2n) is 6.22. The van der Waals surface area contributed by atoms with Crippen molar-refractivity contribution in [3.63, 3.8) is 0 Å². The smallest absolute Gasteiger partial charge is 0.293 e. The lowest BCUT2D eigenvalue weighted by Gasteiger charge is -2.30. The summed E-state index contributed by atoms with van der Waals surface area (Å²) in [6, 6.07) is 4.12. The molecule has 3 atom stereocenters. The van der Waals surface area contributed by atoms with Crippen LogP contribution >= 0.6 is 0 Å². The third kappa shape index (κ3) is 1.92. The maximum Gasteiger partial charge on any atom is 0.293 e. The van der Waals surface area contributed by atoms with Crippen molar-refractivity contribution in [3.8, 4) is 11.5 Å². The third-order valence-electron chi connectivity index (χ3n) is 4.81. The van der Waals surface area contributed by atoms with Crippen LogP contribution in [0, 0.1) is 0 Å². The van der Waals surface area contributed by atoms with Gasteiger partial charge in [0.05, 0.1) is 7.11 Å². The van der Waals surface area contributed by atoms with E-state index in [9.17, 15) is 4.79 Å². The van der Waals surface area contributed by atoms with Gasteiger partial charge >= 0.3 is 0 Å². The van der Waals surface area contributed by atoms with Gasteiger partial charge in [0.25, 0.3) is 6.47 Å². The zero-order valence-corrected chi connectivity index (χ0v) is 12.7. The molecule has 0 fully saturated rings. The molecule has 3 aliphatic rings. The minimum absolute atomic E-state index is 0.0153. The average molecular weight is 301 g/mol. The summed E-state index contributed by atoms with van der Waals surface area (Å²) in [7, 11) is 3.78. The van der Waals surface area contributed by atoms with Crippen molar-refractivity contribution in [2.45, 2.75) is 31.1 Å². The average Bonchev–Trinajstić information content (AvgIpc) is 2.80. The molecular formula is C17H19NO4. The van der Waals surface area contributed by atoms with Crippen molar-refractivity contribution < 1.29 is 19.0 Å². The predicted molar refractivity (Wildman–Crippen MR) is 80.1 cm³/mol. The minimum Gasteiger partial charge on any atom is -0.493 e. The highest BCUT2D eigenvalue weighted by Crippen LogP contribution is 2.53. The fraction of sp³-hybridized carbons (Fsp3) is 0.471. The summed E-state index contributed by atoms with van der Waals surface area (Å²) in [5.41, 5.74) is 3.82. The summed E-state index contributed by atoms with van der Waals surface area (Å²) in [6.45, 7) is 2.27. The number of likely N-dealkylation sites (N-methyl/N-ethyl adjacent to an activating group) is 1. The number of benzene rings is 1. The number of hydrogen-bond acceptors (Lipinski definition) is 5. The van der Waals surface area contributed by atoms with Crippen LogP contribution in [0.3, 0.4) is 0 Å². The second-order valence-corrected chi connectivity index (χ2v) is 6.22. The Kier molecular flexibility index (Phi) is 3.11. The highest BCUT2D eigenvalue weighted by atomic mass is 16.5. The molecule has 2 aliphatic heterocycles. The summed E-state index contributed by atoms with van der Waals surface area (Å²) >= 11 is 0. The van der Waals surface area contributed by atoms with Gasteiger partial charge in [0, 0.05) is 31.0 Å². The molecule has 116 valence electrons. The van der Waals surface area contributed by atoms with Gasteiger partial charge in [-0.15, -0.1) is 0 Å². The number of ether oxygens (including phenoxy) is 3. The van der Waals surface area contributed by atoms with Gasteiger partial charge in [-0.1, -0.05) is 6.07 Å². The SMILES string of the molecule is COc1ccc2c3c1OC1CC(OC=O)C=C(CN(C)C2)C31. The van der Waals surface area contributed by atoms with Crippen molar-refractivity contribution in [1.29, 1.82) is 0 Å². The Bertz CT molecular complexity index is 654. The summed E-state index contributed by atoms with van der Waals surface area (Å²) in [6.07, 6.45) is 2.60. The van der Waals surface area contributed by atoms with Crippen LogP contribution in [0.2, 0.25) is 0 Å². The Morgan fingerprint density at radius 3 is 3.00 bits per heavy atom. The van der Waals surface area contributed by atoms with Crippen LogP contribution in [0.5, 0.6) is 11.5 Å². The zero-order chi connectivity index (χ0) is 15.3. The fourth-order valence-corrected chi connectivity index (χ4v) is 4.01. The Balaban J connectivity index is 1.85. The summed E-state index contributed by atoms with van der Waals surface area (Å²) < 4.78 is 16.9. The normalized spacial score (nSPS) is 29.0. The molecule has 5 heteroatoms. The van der Waals surface area contributed by atoms with E-state index in [0.29, 0.717) is 12.9 Å². The van der Waals surface area contributed by atoms with Gasteiger partial charge in [-0.2, -0.15) is 0 Å². The van der Waals surface area contributed by atoms with Crippen molar-refractivity contribution >= 4 is 6.47 Å². The first kappa shape index (κ1) is 13.6. The molecule has 1 aromatic carbocycles. The van der Waals surface area contributed by atoms with Gasteiger partial charge in [-0.05, 0) is 30.3 Å². The topological polar surface area (TPSA) is 48.0 Å². The quantitative estimate of drug-likeness (QED) is 0.630. The van der Waals surface area contributed by atoms with E-state index in [2.05, 4.69) is 24.1 Å². The van der Waals surface area contributed by atoms with E-state index in [1.54, 1.807) is 7.11 Å². The van der Waals surface area contributed by atoms with E-state index >= 15 is 0 Å². The molecule has 1 aromatic rings. The molecule has 1 aliphatic carbocycles. The monoisotopic (exact) mass is 301 g/mol. The van der Waals surface area contributed by atoms with Gasteiger partial charge in [0.1, 0.15) is 12.2 Å². The van der Waals surface area contributed by atoms with Crippen LogP contribution in [0.15, 0.2) is 23.8 Å². The van der Waals surface area contributed by atoms with Crippen molar-refractivity contribution in [2.24, 2.45) is 0 Å². The van der Waals surface area contributed by atoms with Crippen LogP contribution in [0.4, 0.5) is 0 Å². The van der Waals surface area contributed by atoms with E-state index in [4.69, 9.17) is 14.2 Å². The Labute approximate surface area is 129 Å². The molecule has 22 heavy (non-hydrogen) atoms. The Morgan fingerprint density at radius 1 is 1.36 bits per heavy atom. The molecule has 0 spiro atoms. The summed E-state index contributed by atoms with van der Waals surface area (Å²) in [5, 5.41) is 0. The van der Waals surface area contributed by atoms with E-state index < -0.39 is 0 Å². The van der Waals surface area contributed by atoms with Crippen LogP contribution < -0.4 is 9.47 Å². The first-order valence-corrected chi connectivity index (χ1v) is 7.56. The molecular weight excluding hydrogens is 282 g/mol. The third-order valence-corrected chi connectivity index (χ3v) is 4.81. The number of methoxy groups -OCH3 is 1. The van der Waals surface area contributed by atoms with Gasteiger partial charge in [-0.25, -0.2) is 0 Å². The second kappa shape index (κ2) is 5.02. The molecule has 0 bridgehead atoms. The van der Waals surface area contributed by atoms with E-state index in [1.165, 1.54) is 16.7 Å². The molecule has 0 saturated carbocycles. The number of nitrogens with zero attached hydrogens (tertiary/aromatic N) is 1. The molecule has 0 aromatic heterocycles. The Hall–Kier alpha value is -2.01. The number of carbonyl (C=O) groups excluding carboxylic acids is 1. The van der Waals surface area contributed by atoms with Crippen molar-refractivity contribution in [1.82, 2.24) is 4.90 Å². The van der Waals surface area contributed by atoms with E-state index in [-0.39, 0.29) is 18.1 Å². The first-order chi connectivity index (χ1) is 10.7. The van der Waals surface area contributed by atoms with Gasteiger partial charge in [0.15, 0.2) is 11.5 Å². The van der Waals surface area contributed by atoms with Crippen molar-refractivity contribution in [2.75, 3.05) is 20.7 Å². The maximum absolute atomic E-state index is 10.7. The minimum atomic E-state index is -0.205. The van der Waals surface area contributed by atoms with Crippen molar-refractivity contribution in [3.05, 3.63) is 34.9 Å². The van der Waals surface area contributed by atoms with Crippen LogP contribution in [-0.2, 0) is 16.1 Å². The van der Waals surface area contributed by atoms with Crippen LogP contribution in [0.1, 0.15) is 23.5 Å². The highest BCUT2D eigenvalue weighted by Gasteiger charge is 2.45. The lowest BCUT2D eigenvalue weighted by Crippen LogP contribution is -2.33. The maximum atomic E-state index is 10.7. The molecule has 0 saturated heterocycles. The van der Waals surface area contributed by atoms with Crippen LogP contribution in [0.25, 0.3) is 0 Å². The van der Waals surface area contributed by atoms with Gasteiger partial charge in [0.2, 0.25) is 0 Å². The largest absolute Gasteiger partial charge is 0.493 e. The zero-order valence-electron chi connectivity index (χ0n) is 12.7. The van der Waals surface area contributed by atoms with E-state index in [0.717, 1.165) is 24.6 Å².